The van der Waals surface area contributed by atoms with Gasteiger partial charge in [-0.05, 0) is 61.6 Å². The highest BCUT2D eigenvalue weighted by molar-refractivity contribution is 6.05. The topological polar surface area (TPSA) is 208 Å². The number of benzene rings is 1. The van der Waals surface area contributed by atoms with Crippen LogP contribution in [0.25, 0.3) is 5.65 Å². The summed E-state index contributed by atoms with van der Waals surface area (Å²) in [6.45, 7) is 11.5. The summed E-state index contributed by atoms with van der Waals surface area (Å²) >= 11 is 0. The first-order valence-electron chi connectivity index (χ1n) is 22.6. The van der Waals surface area contributed by atoms with Crippen LogP contribution in [-0.4, -0.2) is 162 Å². The molecule has 9 rings (SSSR count). The molecule has 2 atom stereocenters. The van der Waals surface area contributed by atoms with Crippen LogP contribution in [0.1, 0.15) is 65.4 Å². The molecule has 5 aliphatic heterocycles. The highest BCUT2D eigenvalue weighted by atomic mass is 16.5. The molecular weight excluding hydrogens is 837 g/mol. The first-order chi connectivity index (χ1) is 31.7. The normalized spacial score (nSPS) is 20.4. The number of anilines is 4. The van der Waals surface area contributed by atoms with Crippen LogP contribution >= 0.6 is 0 Å². The van der Waals surface area contributed by atoms with E-state index in [1.54, 1.807) is 28.0 Å². The maximum Gasteiger partial charge on any atom is 0.323 e. The van der Waals surface area contributed by atoms with Crippen molar-refractivity contribution in [3.63, 3.8) is 0 Å². The lowest BCUT2D eigenvalue weighted by Crippen LogP contribution is -2.52. The number of piperidine rings is 1. The molecule has 65 heavy (non-hydrogen) atoms. The van der Waals surface area contributed by atoms with Gasteiger partial charge in [-0.25, -0.2) is 19.3 Å². The lowest BCUT2D eigenvalue weighted by molar-refractivity contribution is -0.137. The Hall–Kier alpha value is -6.22. The maximum absolute atomic E-state index is 13.1. The van der Waals surface area contributed by atoms with Crippen LogP contribution in [0, 0.1) is 6.92 Å². The van der Waals surface area contributed by atoms with Crippen molar-refractivity contribution in [3.8, 4) is 0 Å². The third-order valence-corrected chi connectivity index (χ3v) is 12.8. The molecule has 20 nitrogen and oxygen atoms in total. The predicted molar refractivity (Wildman–Crippen MR) is 239 cm³/mol. The Morgan fingerprint density at radius 1 is 0.877 bits per heavy atom. The number of ether oxygens (including phenoxy) is 3. The third-order valence-electron chi connectivity index (χ3n) is 12.8. The summed E-state index contributed by atoms with van der Waals surface area (Å²) < 4.78 is 19.2. The van der Waals surface area contributed by atoms with Crippen LogP contribution < -0.4 is 25.8 Å². The number of nitrogens with zero attached hydrogens (tertiary/aromatic N) is 9. The number of nitrogens with one attached hydrogen (secondary N) is 3. The van der Waals surface area contributed by atoms with Crippen LogP contribution in [0.3, 0.4) is 0 Å². The quantitative estimate of drug-likeness (QED) is 0.116. The van der Waals surface area contributed by atoms with Gasteiger partial charge in [0.2, 0.25) is 17.7 Å². The highest BCUT2D eigenvalue weighted by Crippen LogP contribution is 2.34. The van der Waals surface area contributed by atoms with Gasteiger partial charge in [-0.3, -0.25) is 29.4 Å². The second-order valence-electron chi connectivity index (χ2n) is 17.0. The standard InChI is InChI=1S/C45H56N12O8/c1-30-25-32(49-45(62)50-35-28-46-38-8-10-48-57(38)41(35)37-3-2-20-65-37)27-47-42(30)55-17-15-54(16-18-55)40(59)9-21-63-23-24-64-22-19-52-11-13-53(14-12-52)33-4-5-34-31(26-33)29-56(44(34)61)36-6-7-39(58)51-43(36)60/h4-5,8,10,25-28,36-37H,2-3,6-7,9,11-24,29H2,1H3,(H2,49,50,62)(H,51,58,60). The molecule has 0 bridgehead atoms. The van der Waals surface area contributed by atoms with Crippen LogP contribution in [0.5, 0.6) is 0 Å². The van der Waals surface area contributed by atoms with Gasteiger partial charge in [-0.2, -0.15) is 5.10 Å². The first-order valence-corrected chi connectivity index (χ1v) is 22.6. The fourth-order valence-corrected chi connectivity index (χ4v) is 9.33. The minimum absolute atomic E-state index is 0.0621. The van der Waals surface area contributed by atoms with Crippen molar-refractivity contribution in [2.45, 2.75) is 57.7 Å². The Balaban J connectivity index is 0.628. The Morgan fingerprint density at radius 3 is 2.45 bits per heavy atom. The summed E-state index contributed by atoms with van der Waals surface area (Å²) in [6, 6.07) is 8.56. The van der Waals surface area contributed by atoms with E-state index >= 15 is 0 Å². The van der Waals surface area contributed by atoms with Gasteiger partial charge in [0, 0.05) is 95.8 Å². The third kappa shape index (κ3) is 10.0. The van der Waals surface area contributed by atoms with Gasteiger partial charge in [0.25, 0.3) is 5.91 Å². The number of imide groups is 1. The largest absolute Gasteiger partial charge is 0.379 e. The molecule has 3 aromatic heterocycles. The molecule has 5 aliphatic rings. The number of aryl methyl sites for hydroxylation is 1. The van der Waals surface area contributed by atoms with Gasteiger partial charge in [0.15, 0.2) is 5.65 Å². The van der Waals surface area contributed by atoms with E-state index in [4.69, 9.17) is 14.2 Å². The maximum atomic E-state index is 13.1. The lowest BCUT2D eigenvalue weighted by Gasteiger charge is -2.36. The Labute approximate surface area is 376 Å². The number of amides is 6. The number of hydrogen-bond acceptors (Lipinski definition) is 14. The summed E-state index contributed by atoms with van der Waals surface area (Å²) in [5.41, 5.74) is 6.05. The second-order valence-corrected chi connectivity index (χ2v) is 17.0. The van der Waals surface area contributed by atoms with E-state index in [0.29, 0.717) is 101 Å². The van der Waals surface area contributed by atoms with E-state index in [1.807, 2.05) is 36.1 Å². The summed E-state index contributed by atoms with van der Waals surface area (Å²) in [7, 11) is 0. The van der Waals surface area contributed by atoms with Gasteiger partial charge in [0.1, 0.15) is 18.0 Å². The van der Waals surface area contributed by atoms with E-state index in [2.05, 4.69) is 51.8 Å². The summed E-state index contributed by atoms with van der Waals surface area (Å²) in [4.78, 5) is 82.6. The Bertz CT molecular complexity index is 2410. The monoisotopic (exact) mass is 892 g/mol. The predicted octanol–water partition coefficient (Wildman–Crippen LogP) is 2.58. The smallest absolute Gasteiger partial charge is 0.323 e. The molecule has 0 spiro atoms. The SMILES string of the molecule is Cc1cc(NC(=O)Nc2cnc3ccnn3c2C2CCCO2)cnc1N1CCN(C(=O)CCOCCOCCN2CCN(c3ccc4c(c3)CN(C3CCC(=O)NC3=O)C4=O)CC2)CC1. The highest BCUT2D eigenvalue weighted by Gasteiger charge is 2.39. The number of rotatable bonds is 15. The number of pyridine rings is 1. The minimum atomic E-state index is -0.617. The molecule has 4 saturated heterocycles. The molecule has 344 valence electrons. The van der Waals surface area contributed by atoms with Crippen molar-refractivity contribution in [3.05, 3.63) is 71.3 Å². The van der Waals surface area contributed by atoms with Crippen LogP contribution in [0.4, 0.5) is 27.7 Å². The average molecular weight is 893 g/mol. The number of fused-ring (bicyclic) bond motifs is 2. The molecule has 0 saturated carbocycles. The van der Waals surface area contributed by atoms with E-state index in [0.717, 1.165) is 73.9 Å². The molecule has 3 N–H and O–H groups in total. The van der Waals surface area contributed by atoms with E-state index in [1.165, 1.54) is 0 Å². The summed E-state index contributed by atoms with van der Waals surface area (Å²) in [5, 5.41) is 12.6. The zero-order chi connectivity index (χ0) is 44.9. The van der Waals surface area contributed by atoms with Crippen LogP contribution in [0.15, 0.2) is 48.9 Å². The van der Waals surface area contributed by atoms with E-state index in [9.17, 15) is 24.0 Å². The molecule has 8 heterocycles. The molecule has 0 radical (unpaired) electrons. The number of hydrogen-bond donors (Lipinski definition) is 3. The zero-order valence-corrected chi connectivity index (χ0v) is 36.7. The van der Waals surface area contributed by atoms with Crippen molar-refractivity contribution in [2.75, 3.05) is 112 Å². The molecular formula is C45H56N12O8. The fraction of sp³-hybridized carbons (Fsp3) is 0.511. The van der Waals surface area contributed by atoms with Gasteiger partial charge in [0.05, 0.1) is 68.5 Å². The fourth-order valence-electron chi connectivity index (χ4n) is 9.33. The summed E-state index contributed by atoms with van der Waals surface area (Å²) in [5.74, 6) is 0.0303. The number of carbonyl (C=O) groups is 5. The molecule has 0 aliphatic carbocycles. The zero-order valence-electron chi connectivity index (χ0n) is 36.7. The van der Waals surface area contributed by atoms with Gasteiger partial charge < -0.3 is 44.4 Å². The Morgan fingerprint density at radius 2 is 1.68 bits per heavy atom. The molecule has 1 aromatic carbocycles. The van der Waals surface area contributed by atoms with Gasteiger partial charge in [-0.15, -0.1) is 0 Å². The van der Waals surface area contributed by atoms with Gasteiger partial charge >= 0.3 is 6.03 Å². The lowest BCUT2D eigenvalue weighted by atomic mass is 10.0. The van der Waals surface area contributed by atoms with Crippen LogP contribution in [-0.2, 0) is 35.1 Å². The van der Waals surface area contributed by atoms with Crippen molar-refractivity contribution >= 4 is 58.2 Å². The molecule has 2 unspecified atom stereocenters. The molecule has 6 amide bonds. The van der Waals surface area contributed by atoms with Crippen molar-refractivity contribution < 1.29 is 38.2 Å². The number of carbonyl (C=O) groups excluding carboxylic acids is 5. The van der Waals surface area contributed by atoms with E-state index in [-0.39, 0.29) is 30.2 Å². The number of urea groups is 1. The number of piperazine rings is 2. The van der Waals surface area contributed by atoms with Gasteiger partial charge in [-0.1, -0.05) is 0 Å². The number of aromatic nitrogens is 4. The molecule has 4 aromatic rings. The summed E-state index contributed by atoms with van der Waals surface area (Å²) in [6.07, 6.45) is 7.44. The van der Waals surface area contributed by atoms with Crippen LogP contribution in [0.2, 0.25) is 0 Å². The van der Waals surface area contributed by atoms with Crippen molar-refractivity contribution in [2.24, 2.45) is 0 Å². The van der Waals surface area contributed by atoms with Crippen molar-refractivity contribution in [1.29, 1.82) is 0 Å². The molecule has 4 fully saturated rings. The van der Waals surface area contributed by atoms with Crippen molar-refractivity contribution in [1.82, 2.24) is 39.6 Å². The Kier molecular flexibility index (Phi) is 13.5. The second kappa shape index (κ2) is 19.9. The first kappa shape index (κ1) is 44.0. The van der Waals surface area contributed by atoms with E-state index < -0.39 is 18.0 Å². The molecule has 20 heteroatoms. The minimum Gasteiger partial charge on any atom is -0.379 e. The average Bonchev–Trinajstić information content (AvgIpc) is 4.09.